The van der Waals surface area contributed by atoms with Gasteiger partial charge in [-0.3, -0.25) is 4.79 Å². The van der Waals surface area contributed by atoms with E-state index in [4.69, 9.17) is 4.74 Å². The molecule has 0 N–H and O–H groups in total. The summed E-state index contributed by atoms with van der Waals surface area (Å²) in [6.07, 6.45) is 5.19. The van der Waals surface area contributed by atoms with Gasteiger partial charge in [0.2, 0.25) is 0 Å². The van der Waals surface area contributed by atoms with E-state index >= 15 is 0 Å². The number of esters is 1. The van der Waals surface area contributed by atoms with Crippen LogP contribution in [0.1, 0.15) is 46.2 Å². The number of carbonyl (C=O) groups excluding carboxylic acids is 2. The minimum atomic E-state index is -0.438. The van der Waals surface area contributed by atoms with E-state index in [0.717, 1.165) is 18.5 Å². The molecule has 0 saturated carbocycles. The third kappa shape index (κ3) is 1.89. The average molecular weight is 259 g/mol. The molecule has 0 amide bonds. The molecule has 0 atom stereocenters. The van der Waals surface area contributed by atoms with Gasteiger partial charge in [0.1, 0.15) is 5.56 Å². The number of ether oxygens (including phenoxy) is 1. The van der Waals surface area contributed by atoms with Crippen molar-refractivity contribution < 1.29 is 14.3 Å². The van der Waals surface area contributed by atoms with Crippen LogP contribution >= 0.6 is 0 Å². The molecule has 6 nitrogen and oxygen atoms in total. The Morgan fingerprint density at radius 1 is 1.47 bits per heavy atom. The maximum absolute atomic E-state index is 11.8. The van der Waals surface area contributed by atoms with Crippen molar-refractivity contribution in [2.45, 2.75) is 26.2 Å². The number of fused-ring (bicyclic) bond motifs is 2. The van der Waals surface area contributed by atoms with E-state index < -0.39 is 5.97 Å². The van der Waals surface area contributed by atoms with Crippen LogP contribution in [0.5, 0.6) is 0 Å². The van der Waals surface area contributed by atoms with Crippen molar-refractivity contribution in [1.82, 2.24) is 14.6 Å². The Hall–Kier alpha value is -2.24. The number of hydrogen-bond donors (Lipinski definition) is 0. The van der Waals surface area contributed by atoms with Gasteiger partial charge in [-0.2, -0.15) is 5.10 Å². The maximum Gasteiger partial charge on any atom is 0.343 e. The van der Waals surface area contributed by atoms with Gasteiger partial charge >= 0.3 is 5.97 Å². The van der Waals surface area contributed by atoms with Gasteiger partial charge in [-0.15, -0.1) is 0 Å². The molecule has 3 rings (SSSR count). The molecule has 2 aromatic heterocycles. The van der Waals surface area contributed by atoms with Gasteiger partial charge in [-0.25, -0.2) is 14.3 Å². The molecular weight excluding hydrogens is 246 g/mol. The van der Waals surface area contributed by atoms with Crippen LogP contribution in [-0.2, 0) is 11.2 Å². The van der Waals surface area contributed by atoms with E-state index in [1.54, 1.807) is 13.1 Å². The highest BCUT2D eigenvalue weighted by Crippen LogP contribution is 2.21. The second-order valence-corrected chi connectivity index (χ2v) is 4.42. The van der Waals surface area contributed by atoms with E-state index in [2.05, 4.69) is 10.1 Å². The largest absolute Gasteiger partial charge is 0.462 e. The Kier molecular flexibility index (Phi) is 2.77. The summed E-state index contributed by atoms with van der Waals surface area (Å²) in [5, 5.41) is 4.07. The number of hydrogen-bond acceptors (Lipinski definition) is 5. The molecule has 2 heterocycles. The van der Waals surface area contributed by atoms with Crippen LogP contribution in [0.25, 0.3) is 5.65 Å². The maximum atomic E-state index is 11.8. The molecule has 0 aliphatic heterocycles. The summed E-state index contributed by atoms with van der Waals surface area (Å²) in [4.78, 5) is 28.0. The van der Waals surface area contributed by atoms with Crippen molar-refractivity contribution in [3.63, 3.8) is 0 Å². The molecule has 98 valence electrons. The molecule has 0 bridgehead atoms. The number of rotatable bonds is 2. The molecule has 2 aromatic rings. The predicted molar refractivity (Wildman–Crippen MR) is 66.2 cm³/mol. The summed E-state index contributed by atoms with van der Waals surface area (Å²) in [5.41, 5.74) is 2.14. The highest BCUT2D eigenvalue weighted by molar-refractivity contribution is 5.99. The quantitative estimate of drug-likeness (QED) is 0.763. The zero-order valence-corrected chi connectivity index (χ0v) is 10.5. The van der Waals surface area contributed by atoms with Gasteiger partial charge < -0.3 is 4.74 Å². The van der Waals surface area contributed by atoms with Crippen molar-refractivity contribution in [3.05, 3.63) is 29.2 Å². The van der Waals surface area contributed by atoms with Gasteiger partial charge in [-0.1, -0.05) is 0 Å². The average Bonchev–Trinajstić information content (AvgIpc) is 2.80. The molecule has 0 saturated heterocycles. The summed E-state index contributed by atoms with van der Waals surface area (Å²) in [6.45, 7) is 2.05. The van der Waals surface area contributed by atoms with Crippen LogP contribution in [0.3, 0.4) is 0 Å². The summed E-state index contributed by atoms with van der Waals surface area (Å²) in [6, 6.07) is 0. The molecule has 0 fully saturated rings. The number of carbonyl (C=O) groups is 2. The van der Waals surface area contributed by atoms with Crippen LogP contribution in [0.2, 0.25) is 0 Å². The first-order valence-corrected chi connectivity index (χ1v) is 6.28. The van der Waals surface area contributed by atoms with Crippen molar-refractivity contribution in [2.24, 2.45) is 0 Å². The van der Waals surface area contributed by atoms with Gasteiger partial charge in [0.05, 0.1) is 24.1 Å². The first-order chi connectivity index (χ1) is 9.20. The normalized spacial score (nSPS) is 14.5. The second kappa shape index (κ2) is 4.46. The lowest BCUT2D eigenvalue weighted by molar-refractivity contribution is 0.0528. The molecule has 19 heavy (non-hydrogen) atoms. The number of ketones is 1. The standard InChI is InChI=1S/C13H13N3O3/c1-2-19-13(18)8-6-14-16-7-9-10(15-12(8)16)4-3-5-11(9)17/h6-7H,2-5H2,1H3. The first kappa shape index (κ1) is 11.8. The Morgan fingerprint density at radius 3 is 3.11 bits per heavy atom. The van der Waals surface area contributed by atoms with Gasteiger partial charge in [0, 0.05) is 12.6 Å². The fourth-order valence-electron chi connectivity index (χ4n) is 2.27. The Morgan fingerprint density at radius 2 is 2.32 bits per heavy atom. The van der Waals surface area contributed by atoms with Crippen molar-refractivity contribution >= 4 is 17.4 Å². The van der Waals surface area contributed by atoms with Gasteiger partial charge in [0.15, 0.2) is 11.4 Å². The molecule has 0 spiro atoms. The van der Waals surface area contributed by atoms with Crippen LogP contribution in [-0.4, -0.2) is 33.0 Å². The van der Waals surface area contributed by atoms with E-state index in [0.29, 0.717) is 29.8 Å². The van der Waals surface area contributed by atoms with Crippen molar-refractivity contribution in [3.8, 4) is 0 Å². The zero-order chi connectivity index (χ0) is 13.4. The van der Waals surface area contributed by atoms with Crippen LogP contribution in [0.15, 0.2) is 12.4 Å². The number of aryl methyl sites for hydroxylation is 1. The number of Topliss-reactive ketones (excluding diaryl/α,β-unsaturated/α-hetero) is 1. The number of nitrogens with zero attached hydrogens (tertiary/aromatic N) is 3. The third-order valence-corrected chi connectivity index (χ3v) is 3.19. The minimum Gasteiger partial charge on any atom is -0.462 e. The summed E-state index contributed by atoms with van der Waals surface area (Å²) >= 11 is 0. The molecule has 0 unspecified atom stereocenters. The summed E-state index contributed by atoms with van der Waals surface area (Å²) in [7, 11) is 0. The highest BCUT2D eigenvalue weighted by Gasteiger charge is 2.22. The van der Waals surface area contributed by atoms with E-state index in [-0.39, 0.29) is 5.78 Å². The van der Waals surface area contributed by atoms with Crippen LogP contribution in [0, 0.1) is 0 Å². The fourth-order valence-corrected chi connectivity index (χ4v) is 2.27. The summed E-state index contributed by atoms with van der Waals surface area (Å²) in [5.74, 6) is -0.351. The monoisotopic (exact) mass is 259 g/mol. The Labute approximate surface area is 109 Å². The van der Waals surface area contributed by atoms with Gasteiger partial charge in [0.25, 0.3) is 0 Å². The molecule has 0 radical (unpaired) electrons. The second-order valence-electron chi connectivity index (χ2n) is 4.42. The lowest BCUT2D eigenvalue weighted by atomic mass is 9.96. The number of aromatic nitrogens is 3. The van der Waals surface area contributed by atoms with Crippen LogP contribution < -0.4 is 0 Å². The Bertz CT molecular complexity index is 675. The Balaban J connectivity index is 2.14. The summed E-state index contributed by atoms with van der Waals surface area (Å²) < 4.78 is 6.43. The van der Waals surface area contributed by atoms with E-state index in [1.165, 1.54) is 10.7 Å². The van der Waals surface area contributed by atoms with E-state index in [1.807, 2.05) is 0 Å². The van der Waals surface area contributed by atoms with Crippen LogP contribution in [0.4, 0.5) is 0 Å². The zero-order valence-electron chi connectivity index (χ0n) is 10.5. The third-order valence-electron chi connectivity index (χ3n) is 3.19. The van der Waals surface area contributed by atoms with Crippen molar-refractivity contribution in [1.29, 1.82) is 0 Å². The lowest BCUT2D eigenvalue weighted by Gasteiger charge is -2.13. The van der Waals surface area contributed by atoms with Gasteiger partial charge in [-0.05, 0) is 19.8 Å². The minimum absolute atomic E-state index is 0.0869. The topological polar surface area (TPSA) is 73.6 Å². The molecule has 0 aromatic carbocycles. The first-order valence-electron chi connectivity index (χ1n) is 6.28. The SMILES string of the molecule is CCOC(=O)c1cnn2cc3c(nc12)CCCC3=O. The smallest absolute Gasteiger partial charge is 0.343 e. The van der Waals surface area contributed by atoms with E-state index in [9.17, 15) is 9.59 Å². The lowest BCUT2D eigenvalue weighted by Crippen LogP contribution is -2.15. The molecule has 1 aliphatic rings. The van der Waals surface area contributed by atoms with Crippen molar-refractivity contribution in [2.75, 3.05) is 6.61 Å². The fraction of sp³-hybridized carbons (Fsp3) is 0.385. The predicted octanol–water partition coefficient (Wildman–Crippen LogP) is 1.43. The molecule has 6 heteroatoms. The molecule has 1 aliphatic carbocycles. The highest BCUT2D eigenvalue weighted by atomic mass is 16.5. The molecular formula is C13H13N3O3.